The second-order valence-corrected chi connectivity index (χ2v) is 5.40. The number of ether oxygens (including phenoxy) is 2. The number of fused-ring (bicyclic) bond motifs is 1. The van der Waals surface area contributed by atoms with Crippen molar-refractivity contribution < 1.29 is 14.6 Å². The van der Waals surface area contributed by atoms with Crippen molar-refractivity contribution in [2.24, 2.45) is 5.92 Å². The van der Waals surface area contributed by atoms with Crippen molar-refractivity contribution in [3.8, 4) is 5.75 Å². The largest absolute Gasteiger partial charge is 0.490 e. The van der Waals surface area contributed by atoms with Gasteiger partial charge in [-0.3, -0.25) is 0 Å². The van der Waals surface area contributed by atoms with Gasteiger partial charge in [-0.15, -0.1) is 0 Å². The lowest BCUT2D eigenvalue weighted by atomic mass is 9.86. The lowest BCUT2D eigenvalue weighted by molar-refractivity contribution is -0.0150. The maximum absolute atomic E-state index is 10.3. The van der Waals surface area contributed by atoms with Crippen LogP contribution in [0.4, 0.5) is 0 Å². The molecule has 1 fully saturated rings. The van der Waals surface area contributed by atoms with Crippen LogP contribution in [0.1, 0.15) is 36.5 Å². The van der Waals surface area contributed by atoms with Crippen LogP contribution >= 0.6 is 0 Å². The first-order valence-electron chi connectivity index (χ1n) is 6.77. The molecule has 0 bridgehead atoms. The number of hydrogen-bond donors (Lipinski definition) is 1. The monoisotopic (exact) mass is 248 g/mol. The van der Waals surface area contributed by atoms with Crippen molar-refractivity contribution in [3.05, 3.63) is 29.3 Å². The minimum Gasteiger partial charge on any atom is -0.490 e. The first-order chi connectivity index (χ1) is 8.74. The molecule has 1 aromatic rings. The van der Waals surface area contributed by atoms with Gasteiger partial charge in [0.2, 0.25) is 0 Å². The Hall–Kier alpha value is -1.06. The summed E-state index contributed by atoms with van der Waals surface area (Å²) in [5.41, 5.74) is 2.11. The summed E-state index contributed by atoms with van der Waals surface area (Å²) in [5, 5.41) is 10.3. The predicted molar refractivity (Wildman–Crippen MR) is 68.7 cm³/mol. The van der Waals surface area contributed by atoms with Crippen molar-refractivity contribution in [2.45, 2.75) is 38.4 Å². The molecule has 0 saturated carbocycles. The van der Waals surface area contributed by atoms with E-state index >= 15 is 0 Å². The molecule has 1 saturated heterocycles. The van der Waals surface area contributed by atoms with Gasteiger partial charge in [-0.1, -0.05) is 11.6 Å². The van der Waals surface area contributed by atoms with E-state index in [-0.39, 0.29) is 12.2 Å². The SMILES string of the molecule is Cc1ccc2c(c1)[C@@H](O)CC(C1CCOCC1)O2. The molecule has 1 unspecified atom stereocenters. The van der Waals surface area contributed by atoms with Crippen LogP contribution in [0.2, 0.25) is 0 Å². The molecule has 98 valence electrons. The highest BCUT2D eigenvalue weighted by atomic mass is 16.5. The van der Waals surface area contributed by atoms with Crippen molar-refractivity contribution >= 4 is 0 Å². The molecule has 2 heterocycles. The smallest absolute Gasteiger partial charge is 0.125 e. The van der Waals surface area contributed by atoms with E-state index in [1.165, 1.54) is 5.56 Å². The Bertz CT molecular complexity index is 424. The maximum atomic E-state index is 10.3. The summed E-state index contributed by atoms with van der Waals surface area (Å²) in [6.07, 6.45) is 2.54. The number of aliphatic hydroxyl groups is 1. The Kier molecular flexibility index (Phi) is 3.27. The highest BCUT2D eigenvalue weighted by Gasteiger charge is 2.33. The van der Waals surface area contributed by atoms with Crippen molar-refractivity contribution in [1.29, 1.82) is 0 Å². The minimum atomic E-state index is -0.388. The summed E-state index contributed by atoms with van der Waals surface area (Å²) < 4.78 is 11.5. The second-order valence-electron chi connectivity index (χ2n) is 5.40. The molecule has 2 aliphatic rings. The van der Waals surface area contributed by atoms with E-state index in [4.69, 9.17) is 9.47 Å². The van der Waals surface area contributed by atoms with E-state index in [1.807, 2.05) is 25.1 Å². The van der Waals surface area contributed by atoms with E-state index in [0.717, 1.165) is 37.4 Å². The van der Waals surface area contributed by atoms with Crippen LogP contribution in [0.25, 0.3) is 0 Å². The normalized spacial score (nSPS) is 28.6. The van der Waals surface area contributed by atoms with Crippen LogP contribution in [0.3, 0.4) is 0 Å². The zero-order valence-electron chi connectivity index (χ0n) is 10.8. The van der Waals surface area contributed by atoms with E-state index < -0.39 is 0 Å². The van der Waals surface area contributed by atoms with Gasteiger partial charge in [0.25, 0.3) is 0 Å². The molecule has 1 aromatic carbocycles. The van der Waals surface area contributed by atoms with Gasteiger partial charge < -0.3 is 14.6 Å². The van der Waals surface area contributed by atoms with Crippen LogP contribution in [-0.2, 0) is 4.74 Å². The standard InChI is InChI=1S/C15H20O3/c1-10-2-3-14-12(8-10)13(16)9-15(18-14)11-4-6-17-7-5-11/h2-3,8,11,13,15-16H,4-7,9H2,1H3/t13-,15?/m0/s1. The molecule has 0 spiro atoms. The van der Waals surface area contributed by atoms with E-state index in [0.29, 0.717) is 12.3 Å². The zero-order valence-corrected chi connectivity index (χ0v) is 10.8. The van der Waals surface area contributed by atoms with Crippen molar-refractivity contribution in [3.63, 3.8) is 0 Å². The number of rotatable bonds is 1. The molecule has 0 amide bonds. The molecular formula is C15H20O3. The first-order valence-corrected chi connectivity index (χ1v) is 6.77. The highest BCUT2D eigenvalue weighted by Crippen LogP contribution is 2.39. The molecule has 1 N–H and O–H groups in total. The highest BCUT2D eigenvalue weighted by molar-refractivity contribution is 5.40. The van der Waals surface area contributed by atoms with Gasteiger partial charge in [0.05, 0.1) is 6.10 Å². The third-order valence-electron chi connectivity index (χ3n) is 4.05. The minimum absolute atomic E-state index is 0.138. The van der Waals surface area contributed by atoms with Gasteiger partial charge in [0.1, 0.15) is 11.9 Å². The fraction of sp³-hybridized carbons (Fsp3) is 0.600. The number of aryl methyl sites for hydroxylation is 1. The Morgan fingerprint density at radius 3 is 2.78 bits per heavy atom. The number of hydrogen-bond acceptors (Lipinski definition) is 3. The van der Waals surface area contributed by atoms with Gasteiger partial charge in [-0.05, 0) is 31.9 Å². The van der Waals surface area contributed by atoms with Gasteiger partial charge in [0.15, 0.2) is 0 Å². The maximum Gasteiger partial charge on any atom is 0.125 e. The summed E-state index contributed by atoms with van der Waals surface area (Å²) >= 11 is 0. The average molecular weight is 248 g/mol. The molecule has 0 aliphatic carbocycles. The molecule has 3 nitrogen and oxygen atoms in total. The van der Waals surface area contributed by atoms with E-state index in [1.54, 1.807) is 0 Å². The number of benzene rings is 1. The van der Waals surface area contributed by atoms with E-state index in [9.17, 15) is 5.11 Å². The van der Waals surface area contributed by atoms with Crippen LogP contribution in [0.5, 0.6) is 5.75 Å². The molecule has 0 aromatic heterocycles. The third-order valence-corrected chi connectivity index (χ3v) is 4.05. The van der Waals surface area contributed by atoms with Gasteiger partial charge in [-0.25, -0.2) is 0 Å². The predicted octanol–water partition coefficient (Wildman–Crippen LogP) is 2.61. The number of aliphatic hydroxyl groups excluding tert-OH is 1. The van der Waals surface area contributed by atoms with E-state index in [2.05, 4.69) is 0 Å². The van der Waals surface area contributed by atoms with Crippen LogP contribution in [0, 0.1) is 12.8 Å². The van der Waals surface area contributed by atoms with Gasteiger partial charge in [0, 0.05) is 31.1 Å². The fourth-order valence-corrected chi connectivity index (χ4v) is 2.97. The van der Waals surface area contributed by atoms with Crippen molar-refractivity contribution in [1.82, 2.24) is 0 Å². The molecule has 18 heavy (non-hydrogen) atoms. The zero-order chi connectivity index (χ0) is 12.5. The molecule has 2 aliphatic heterocycles. The first kappa shape index (κ1) is 12.0. The summed E-state index contributed by atoms with van der Waals surface area (Å²) in [5.74, 6) is 1.37. The van der Waals surface area contributed by atoms with Crippen LogP contribution in [-0.4, -0.2) is 24.4 Å². The third kappa shape index (κ3) is 2.25. The quantitative estimate of drug-likeness (QED) is 0.830. The topological polar surface area (TPSA) is 38.7 Å². The summed E-state index contributed by atoms with van der Waals surface area (Å²) in [6.45, 7) is 3.68. The second kappa shape index (κ2) is 4.90. The summed E-state index contributed by atoms with van der Waals surface area (Å²) in [6, 6.07) is 6.05. The van der Waals surface area contributed by atoms with Crippen LogP contribution < -0.4 is 4.74 Å². The molecular weight excluding hydrogens is 228 g/mol. The molecule has 0 radical (unpaired) electrons. The summed E-state index contributed by atoms with van der Waals surface area (Å²) in [7, 11) is 0. The van der Waals surface area contributed by atoms with Crippen LogP contribution in [0.15, 0.2) is 18.2 Å². The molecule has 3 heteroatoms. The Morgan fingerprint density at radius 2 is 2.00 bits per heavy atom. The Morgan fingerprint density at radius 1 is 1.22 bits per heavy atom. The fourth-order valence-electron chi connectivity index (χ4n) is 2.97. The Balaban J connectivity index is 1.80. The lowest BCUT2D eigenvalue weighted by Crippen LogP contribution is -2.36. The summed E-state index contributed by atoms with van der Waals surface area (Å²) in [4.78, 5) is 0. The van der Waals surface area contributed by atoms with Gasteiger partial charge >= 0.3 is 0 Å². The molecule has 2 atom stereocenters. The lowest BCUT2D eigenvalue weighted by Gasteiger charge is -2.36. The average Bonchev–Trinajstić information content (AvgIpc) is 2.40. The van der Waals surface area contributed by atoms with Crippen molar-refractivity contribution in [2.75, 3.05) is 13.2 Å². The Labute approximate surface area is 108 Å². The van der Waals surface area contributed by atoms with Gasteiger partial charge in [-0.2, -0.15) is 0 Å². The molecule has 3 rings (SSSR count).